The van der Waals surface area contributed by atoms with E-state index >= 15 is 0 Å². The Labute approximate surface area is 67.1 Å². The van der Waals surface area contributed by atoms with E-state index in [1.54, 1.807) is 0 Å². The quantitative estimate of drug-likeness (QED) is 0.465. The van der Waals surface area contributed by atoms with Crippen LogP contribution in [0.4, 0.5) is 0 Å². The fraction of sp³-hybridized carbons (Fsp3) is 0.571. The molecule has 0 aromatic carbocycles. The third kappa shape index (κ3) is 5.69. The van der Waals surface area contributed by atoms with Gasteiger partial charge in [-0.1, -0.05) is 13.5 Å². The maximum Gasteiger partial charge on any atom is 0.243 e. The van der Waals surface area contributed by atoms with Gasteiger partial charge in [0.05, 0.1) is 0 Å². The van der Waals surface area contributed by atoms with Gasteiger partial charge in [-0.25, -0.2) is 0 Å². The smallest absolute Gasteiger partial charge is 0.243 e. The van der Waals surface area contributed by atoms with Crippen molar-refractivity contribution in [3.05, 3.63) is 12.7 Å². The second-order valence-electron chi connectivity index (χ2n) is 2.13. The molecule has 10 heavy (non-hydrogen) atoms. The Hall–Kier alpha value is -0.440. The molecule has 0 spiro atoms. The number of thiol groups is 1. The van der Waals surface area contributed by atoms with Gasteiger partial charge < -0.3 is 5.32 Å². The van der Waals surface area contributed by atoms with Gasteiger partial charge in [0.1, 0.15) is 0 Å². The molecule has 0 saturated heterocycles. The van der Waals surface area contributed by atoms with E-state index < -0.39 is 0 Å². The van der Waals surface area contributed by atoms with Crippen LogP contribution >= 0.6 is 12.6 Å². The molecule has 0 saturated carbocycles. The van der Waals surface area contributed by atoms with E-state index in [4.69, 9.17) is 0 Å². The summed E-state index contributed by atoms with van der Waals surface area (Å²) in [5.41, 5.74) is 0. The molecule has 1 atom stereocenters. The van der Waals surface area contributed by atoms with E-state index in [9.17, 15) is 4.79 Å². The molecule has 1 amide bonds. The van der Waals surface area contributed by atoms with Gasteiger partial charge in [-0.3, -0.25) is 4.79 Å². The second kappa shape index (κ2) is 5.35. The van der Waals surface area contributed by atoms with Crippen molar-refractivity contribution in [3.8, 4) is 0 Å². The number of hydrogen-bond acceptors (Lipinski definition) is 2. The molecule has 0 rings (SSSR count). The SMILES string of the molecule is C=CC(=O)NCCC(C)S. The van der Waals surface area contributed by atoms with Crippen LogP contribution in [0, 0.1) is 0 Å². The van der Waals surface area contributed by atoms with Gasteiger partial charge in [0.2, 0.25) is 5.91 Å². The number of carbonyl (C=O) groups excluding carboxylic acids is 1. The standard InChI is InChI=1S/C7H13NOS/c1-3-7(9)8-5-4-6(2)10/h3,6,10H,1,4-5H2,2H3,(H,8,9). The highest BCUT2D eigenvalue weighted by molar-refractivity contribution is 7.80. The van der Waals surface area contributed by atoms with Crippen LogP contribution in [0.25, 0.3) is 0 Å². The summed E-state index contributed by atoms with van der Waals surface area (Å²) < 4.78 is 0. The highest BCUT2D eigenvalue weighted by Crippen LogP contribution is 1.96. The molecule has 0 aliphatic heterocycles. The Morgan fingerprint density at radius 1 is 1.90 bits per heavy atom. The van der Waals surface area contributed by atoms with Crippen LogP contribution in [0.1, 0.15) is 13.3 Å². The van der Waals surface area contributed by atoms with Gasteiger partial charge in [-0.2, -0.15) is 12.6 Å². The zero-order valence-electron chi connectivity index (χ0n) is 6.13. The van der Waals surface area contributed by atoms with E-state index in [1.807, 2.05) is 6.92 Å². The zero-order chi connectivity index (χ0) is 7.98. The van der Waals surface area contributed by atoms with Crippen LogP contribution < -0.4 is 5.32 Å². The summed E-state index contributed by atoms with van der Waals surface area (Å²) >= 11 is 4.15. The summed E-state index contributed by atoms with van der Waals surface area (Å²) in [6.45, 7) is 5.99. The van der Waals surface area contributed by atoms with Crippen LogP contribution in [0.5, 0.6) is 0 Å². The molecule has 0 aromatic heterocycles. The van der Waals surface area contributed by atoms with E-state index in [0.717, 1.165) is 6.42 Å². The van der Waals surface area contributed by atoms with Gasteiger partial charge in [-0.05, 0) is 12.5 Å². The fourth-order valence-corrected chi connectivity index (χ4v) is 0.606. The number of rotatable bonds is 4. The van der Waals surface area contributed by atoms with E-state index in [0.29, 0.717) is 11.8 Å². The monoisotopic (exact) mass is 159 g/mol. The molecule has 0 radical (unpaired) electrons. The largest absolute Gasteiger partial charge is 0.353 e. The Bertz CT molecular complexity index is 123. The molecule has 0 aliphatic rings. The van der Waals surface area contributed by atoms with Crippen molar-refractivity contribution >= 4 is 18.5 Å². The average molecular weight is 159 g/mol. The molecule has 0 bridgehead atoms. The summed E-state index contributed by atoms with van der Waals surface area (Å²) in [7, 11) is 0. The Kier molecular flexibility index (Phi) is 5.12. The minimum atomic E-state index is -0.117. The lowest BCUT2D eigenvalue weighted by molar-refractivity contribution is -0.116. The van der Waals surface area contributed by atoms with Gasteiger partial charge in [-0.15, -0.1) is 0 Å². The van der Waals surface area contributed by atoms with Gasteiger partial charge in [0.25, 0.3) is 0 Å². The minimum absolute atomic E-state index is 0.117. The maximum atomic E-state index is 10.5. The molecular formula is C7H13NOS. The molecule has 58 valence electrons. The molecule has 1 N–H and O–H groups in total. The highest BCUT2D eigenvalue weighted by Gasteiger charge is 1.95. The van der Waals surface area contributed by atoms with Crippen molar-refractivity contribution in [2.75, 3.05) is 6.54 Å². The normalized spacial score (nSPS) is 12.2. The van der Waals surface area contributed by atoms with Crippen LogP contribution in [-0.4, -0.2) is 17.7 Å². The number of amides is 1. The third-order valence-electron chi connectivity index (χ3n) is 1.05. The number of carbonyl (C=O) groups is 1. The minimum Gasteiger partial charge on any atom is -0.353 e. The van der Waals surface area contributed by atoms with Crippen LogP contribution in [-0.2, 0) is 4.79 Å². The summed E-state index contributed by atoms with van der Waals surface area (Å²) in [6.07, 6.45) is 2.16. The Balaban J connectivity index is 3.19. The molecule has 2 nitrogen and oxygen atoms in total. The van der Waals surface area contributed by atoms with Gasteiger partial charge >= 0.3 is 0 Å². The first-order chi connectivity index (χ1) is 4.66. The third-order valence-corrected chi connectivity index (χ3v) is 1.30. The van der Waals surface area contributed by atoms with Crippen molar-refractivity contribution in [2.24, 2.45) is 0 Å². The van der Waals surface area contributed by atoms with Crippen molar-refractivity contribution in [3.63, 3.8) is 0 Å². The second-order valence-corrected chi connectivity index (χ2v) is 3.01. The molecule has 0 heterocycles. The zero-order valence-corrected chi connectivity index (χ0v) is 7.03. The molecule has 0 fully saturated rings. The van der Waals surface area contributed by atoms with E-state index in [2.05, 4.69) is 24.5 Å². The molecule has 3 heteroatoms. The Morgan fingerprint density at radius 2 is 2.50 bits per heavy atom. The number of nitrogens with one attached hydrogen (secondary N) is 1. The number of hydrogen-bond donors (Lipinski definition) is 2. The first-order valence-corrected chi connectivity index (χ1v) is 3.76. The van der Waals surface area contributed by atoms with Gasteiger partial charge in [0.15, 0.2) is 0 Å². The predicted octanol–water partition coefficient (Wildman–Crippen LogP) is 0.997. The lowest BCUT2D eigenvalue weighted by atomic mass is 10.3. The van der Waals surface area contributed by atoms with E-state index in [-0.39, 0.29) is 5.91 Å². The van der Waals surface area contributed by atoms with Gasteiger partial charge in [0, 0.05) is 11.8 Å². The van der Waals surface area contributed by atoms with Crippen molar-refractivity contribution in [1.82, 2.24) is 5.32 Å². The fourth-order valence-electron chi connectivity index (χ4n) is 0.476. The lowest BCUT2D eigenvalue weighted by Crippen LogP contribution is -2.23. The molecule has 0 aliphatic carbocycles. The maximum absolute atomic E-state index is 10.5. The van der Waals surface area contributed by atoms with E-state index in [1.165, 1.54) is 6.08 Å². The average Bonchev–Trinajstić information content (AvgIpc) is 1.87. The molecule has 0 aromatic rings. The van der Waals surface area contributed by atoms with Crippen LogP contribution in [0.2, 0.25) is 0 Å². The lowest BCUT2D eigenvalue weighted by Gasteiger charge is -2.03. The van der Waals surface area contributed by atoms with Crippen molar-refractivity contribution in [1.29, 1.82) is 0 Å². The van der Waals surface area contributed by atoms with Crippen molar-refractivity contribution in [2.45, 2.75) is 18.6 Å². The Morgan fingerprint density at radius 3 is 2.90 bits per heavy atom. The predicted molar refractivity (Wildman–Crippen MR) is 46.3 cm³/mol. The first-order valence-electron chi connectivity index (χ1n) is 3.25. The molecule has 1 unspecified atom stereocenters. The summed E-state index contributed by atoms with van der Waals surface area (Å²) in [4.78, 5) is 10.5. The summed E-state index contributed by atoms with van der Waals surface area (Å²) in [6, 6.07) is 0. The molecular weight excluding hydrogens is 146 g/mol. The first kappa shape index (κ1) is 9.56. The highest BCUT2D eigenvalue weighted by atomic mass is 32.1. The van der Waals surface area contributed by atoms with Crippen LogP contribution in [0.3, 0.4) is 0 Å². The topological polar surface area (TPSA) is 29.1 Å². The van der Waals surface area contributed by atoms with Crippen molar-refractivity contribution < 1.29 is 4.79 Å². The van der Waals surface area contributed by atoms with Crippen LogP contribution in [0.15, 0.2) is 12.7 Å². The summed E-state index contributed by atoms with van der Waals surface area (Å²) in [5.74, 6) is -0.117. The summed E-state index contributed by atoms with van der Waals surface area (Å²) in [5, 5.41) is 3.00.